The number of aryl methyl sites for hydroxylation is 1. The number of fused-ring (bicyclic) bond motifs is 1. The molecule has 1 saturated heterocycles. The van der Waals surface area contributed by atoms with Crippen LogP contribution in [0.25, 0.3) is 5.69 Å². The Labute approximate surface area is 148 Å². The first-order valence-corrected chi connectivity index (χ1v) is 9.28. The van der Waals surface area contributed by atoms with Crippen LogP contribution in [0.1, 0.15) is 47.1 Å². The molecule has 132 valence electrons. The van der Waals surface area contributed by atoms with Crippen LogP contribution in [-0.4, -0.2) is 39.7 Å². The summed E-state index contributed by atoms with van der Waals surface area (Å²) in [6.07, 6.45) is 4.03. The van der Waals surface area contributed by atoms with E-state index >= 15 is 0 Å². The van der Waals surface area contributed by atoms with E-state index in [9.17, 15) is 4.79 Å². The minimum Gasteiger partial charge on any atom is -0.334 e. The van der Waals surface area contributed by atoms with E-state index in [2.05, 4.69) is 26.0 Å². The number of carbonyl (C=O) groups excluding carboxylic acids is 1. The lowest BCUT2D eigenvalue weighted by molar-refractivity contribution is 0.0736. The fraction of sp³-hybridized carbons (Fsp3) is 0.500. The molecule has 5 heteroatoms. The molecule has 4 rings (SSSR count). The average Bonchev–Trinajstić information content (AvgIpc) is 3.29. The number of carbonyl (C=O) groups is 1. The second-order valence-electron chi connectivity index (χ2n) is 7.47. The van der Waals surface area contributed by atoms with Gasteiger partial charge < -0.3 is 10.6 Å². The van der Waals surface area contributed by atoms with Gasteiger partial charge in [-0.2, -0.15) is 5.10 Å². The van der Waals surface area contributed by atoms with Crippen molar-refractivity contribution in [3.8, 4) is 5.69 Å². The molecule has 1 aliphatic carbocycles. The van der Waals surface area contributed by atoms with Gasteiger partial charge in [0.25, 0.3) is 5.91 Å². The van der Waals surface area contributed by atoms with Crippen molar-refractivity contribution < 1.29 is 4.79 Å². The molecular weight excluding hydrogens is 312 g/mol. The first kappa shape index (κ1) is 16.3. The van der Waals surface area contributed by atoms with E-state index < -0.39 is 0 Å². The van der Waals surface area contributed by atoms with Crippen LogP contribution in [0.5, 0.6) is 0 Å². The first-order valence-electron chi connectivity index (χ1n) is 9.28. The molecule has 25 heavy (non-hydrogen) atoms. The normalized spacial score (nSPS) is 22.4. The molecule has 2 unspecified atom stereocenters. The Morgan fingerprint density at radius 1 is 1.32 bits per heavy atom. The minimum absolute atomic E-state index is 0.0777. The number of hydrogen-bond donors (Lipinski definition) is 1. The number of amides is 1. The molecule has 0 radical (unpaired) electrons. The van der Waals surface area contributed by atoms with E-state index in [-0.39, 0.29) is 11.9 Å². The second kappa shape index (κ2) is 6.30. The topological polar surface area (TPSA) is 64.2 Å². The van der Waals surface area contributed by atoms with Crippen LogP contribution >= 0.6 is 0 Å². The third kappa shape index (κ3) is 2.67. The summed E-state index contributed by atoms with van der Waals surface area (Å²) in [7, 11) is 0. The number of nitrogens with zero attached hydrogens (tertiary/aromatic N) is 3. The Hall–Kier alpha value is -2.14. The fourth-order valence-electron chi connectivity index (χ4n) is 4.34. The van der Waals surface area contributed by atoms with Gasteiger partial charge in [0.2, 0.25) is 0 Å². The van der Waals surface area contributed by atoms with E-state index in [1.54, 1.807) is 0 Å². The molecule has 0 saturated carbocycles. The van der Waals surface area contributed by atoms with Gasteiger partial charge in [-0.3, -0.25) is 4.79 Å². The van der Waals surface area contributed by atoms with Gasteiger partial charge in [0.1, 0.15) is 0 Å². The van der Waals surface area contributed by atoms with Crippen LogP contribution in [0.2, 0.25) is 0 Å². The van der Waals surface area contributed by atoms with Crippen molar-refractivity contribution >= 4 is 5.91 Å². The Morgan fingerprint density at radius 2 is 2.12 bits per heavy atom. The Kier molecular flexibility index (Phi) is 4.12. The van der Waals surface area contributed by atoms with E-state index in [4.69, 9.17) is 10.8 Å². The summed E-state index contributed by atoms with van der Waals surface area (Å²) in [4.78, 5) is 15.2. The molecule has 2 N–H and O–H groups in total. The molecule has 1 amide bonds. The zero-order valence-corrected chi connectivity index (χ0v) is 15.0. The van der Waals surface area contributed by atoms with Crippen LogP contribution in [-0.2, 0) is 12.8 Å². The number of likely N-dealkylation sites (tertiary alicyclic amines) is 1. The largest absolute Gasteiger partial charge is 0.334 e. The number of para-hydroxylation sites is 1. The Bertz CT molecular complexity index is 810. The quantitative estimate of drug-likeness (QED) is 0.935. The second-order valence-corrected chi connectivity index (χ2v) is 7.47. The SMILES string of the molecule is Cc1ccccc1-n1nc(C(=O)N2CC(CN)CC2C)c2c1CCC2. The van der Waals surface area contributed by atoms with Crippen LogP contribution < -0.4 is 5.73 Å². The summed E-state index contributed by atoms with van der Waals surface area (Å²) in [5.41, 5.74) is 11.1. The van der Waals surface area contributed by atoms with Crippen molar-refractivity contribution in [2.24, 2.45) is 11.7 Å². The van der Waals surface area contributed by atoms with E-state index in [0.717, 1.165) is 43.5 Å². The fourth-order valence-corrected chi connectivity index (χ4v) is 4.34. The maximum Gasteiger partial charge on any atom is 0.274 e. The number of hydrogen-bond acceptors (Lipinski definition) is 3. The summed E-state index contributed by atoms with van der Waals surface area (Å²) in [6, 6.07) is 8.47. The zero-order valence-electron chi connectivity index (χ0n) is 15.0. The van der Waals surface area contributed by atoms with Gasteiger partial charge in [-0.1, -0.05) is 18.2 Å². The smallest absolute Gasteiger partial charge is 0.274 e. The highest BCUT2D eigenvalue weighted by Gasteiger charge is 2.36. The van der Waals surface area contributed by atoms with Crippen LogP contribution in [0.15, 0.2) is 24.3 Å². The molecule has 1 aromatic carbocycles. The number of aromatic nitrogens is 2. The van der Waals surface area contributed by atoms with Crippen LogP contribution in [0.4, 0.5) is 0 Å². The predicted octanol–water partition coefficient (Wildman–Crippen LogP) is 2.48. The lowest BCUT2D eigenvalue weighted by Crippen LogP contribution is -2.35. The average molecular weight is 338 g/mol. The van der Waals surface area contributed by atoms with Crippen LogP contribution in [0.3, 0.4) is 0 Å². The molecule has 1 aromatic heterocycles. The van der Waals surface area contributed by atoms with Gasteiger partial charge in [-0.25, -0.2) is 4.68 Å². The van der Waals surface area contributed by atoms with Crippen LogP contribution in [0, 0.1) is 12.8 Å². The lowest BCUT2D eigenvalue weighted by atomic mass is 10.1. The molecule has 1 aliphatic heterocycles. The van der Waals surface area contributed by atoms with Gasteiger partial charge >= 0.3 is 0 Å². The van der Waals surface area contributed by atoms with Gasteiger partial charge in [-0.15, -0.1) is 0 Å². The van der Waals surface area contributed by atoms with Crippen molar-refractivity contribution in [3.05, 3.63) is 46.8 Å². The van der Waals surface area contributed by atoms with E-state index in [1.165, 1.54) is 11.3 Å². The third-order valence-corrected chi connectivity index (χ3v) is 5.73. The zero-order chi connectivity index (χ0) is 17.6. The van der Waals surface area contributed by atoms with Gasteiger partial charge in [0.05, 0.1) is 5.69 Å². The van der Waals surface area contributed by atoms with Crippen molar-refractivity contribution in [2.75, 3.05) is 13.1 Å². The van der Waals surface area contributed by atoms with Crippen molar-refractivity contribution in [2.45, 2.75) is 45.6 Å². The molecule has 2 heterocycles. The maximum absolute atomic E-state index is 13.2. The maximum atomic E-state index is 13.2. The monoisotopic (exact) mass is 338 g/mol. The highest BCUT2D eigenvalue weighted by atomic mass is 16.2. The molecule has 0 bridgehead atoms. The first-order chi connectivity index (χ1) is 12.1. The standard InChI is InChI=1S/C20H26N4O/c1-13-6-3-4-8-17(13)24-18-9-5-7-16(18)19(22-24)20(25)23-12-15(11-21)10-14(23)2/h3-4,6,8,14-15H,5,7,9-12,21H2,1-2H3. The molecule has 2 atom stereocenters. The van der Waals surface area contributed by atoms with Crippen molar-refractivity contribution in [3.63, 3.8) is 0 Å². The van der Waals surface area contributed by atoms with Crippen molar-refractivity contribution in [1.29, 1.82) is 0 Å². The molecule has 2 aliphatic rings. The highest BCUT2D eigenvalue weighted by molar-refractivity contribution is 5.94. The number of nitrogens with two attached hydrogens (primary N) is 1. The van der Waals surface area contributed by atoms with Crippen molar-refractivity contribution in [1.82, 2.24) is 14.7 Å². The van der Waals surface area contributed by atoms with E-state index in [0.29, 0.717) is 18.2 Å². The number of benzene rings is 1. The number of rotatable bonds is 3. The van der Waals surface area contributed by atoms with Gasteiger partial charge in [-0.05, 0) is 63.6 Å². The Balaban J connectivity index is 1.73. The summed E-state index contributed by atoms with van der Waals surface area (Å²) in [6.45, 7) is 5.60. The summed E-state index contributed by atoms with van der Waals surface area (Å²) in [5.74, 6) is 0.486. The molecule has 5 nitrogen and oxygen atoms in total. The Morgan fingerprint density at radius 3 is 2.84 bits per heavy atom. The third-order valence-electron chi connectivity index (χ3n) is 5.73. The van der Waals surface area contributed by atoms with E-state index in [1.807, 2.05) is 21.7 Å². The lowest BCUT2D eigenvalue weighted by Gasteiger charge is -2.20. The highest BCUT2D eigenvalue weighted by Crippen LogP contribution is 2.31. The van der Waals surface area contributed by atoms with Gasteiger partial charge in [0, 0.05) is 23.8 Å². The molecule has 1 fully saturated rings. The summed E-state index contributed by atoms with van der Waals surface area (Å²) >= 11 is 0. The molecular formula is C20H26N4O. The van der Waals surface area contributed by atoms with Gasteiger partial charge in [0.15, 0.2) is 5.69 Å². The predicted molar refractivity (Wildman–Crippen MR) is 98.0 cm³/mol. The molecule has 2 aromatic rings. The molecule has 0 spiro atoms. The summed E-state index contributed by atoms with van der Waals surface area (Å²) < 4.78 is 2.01. The summed E-state index contributed by atoms with van der Waals surface area (Å²) in [5, 5.41) is 4.79. The minimum atomic E-state index is 0.0777.